The fraction of sp³-hybridized carbons (Fsp3) is 0.400. The first-order valence-electron chi connectivity index (χ1n) is 6.20. The fourth-order valence-corrected chi connectivity index (χ4v) is 3.20. The van der Waals surface area contributed by atoms with Crippen molar-refractivity contribution in [1.29, 1.82) is 5.26 Å². The summed E-state index contributed by atoms with van der Waals surface area (Å²) in [6, 6.07) is 5.65. The number of halogens is 1. The molecule has 1 atom stereocenters. The average Bonchev–Trinajstić information content (AvgIpc) is 2.42. The summed E-state index contributed by atoms with van der Waals surface area (Å²) in [6.07, 6.45) is 3.70. The Morgan fingerprint density at radius 2 is 2.20 bits per heavy atom. The van der Waals surface area contributed by atoms with Crippen LogP contribution in [0.15, 0.2) is 34.5 Å². The maximum absolute atomic E-state index is 12.2. The van der Waals surface area contributed by atoms with Crippen LogP contribution >= 0.6 is 15.9 Å². The van der Waals surface area contributed by atoms with Crippen LogP contribution in [0.1, 0.15) is 26.0 Å². The Kier molecular flexibility index (Phi) is 3.81. The zero-order valence-electron chi connectivity index (χ0n) is 11.6. The third-order valence-corrected chi connectivity index (χ3v) is 4.23. The Morgan fingerprint density at radius 3 is 2.75 bits per heavy atom. The summed E-state index contributed by atoms with van der Waals surface area (Å²) < 4.78 is 6.48. The molecule has 1 aliphatic carbocycles. The molecule has 0 saturated carbocycles. The van der Waals surface area contributed by atoms with Crippen molar-refractivity contribution in [3.63, 3.8) is 0 Å². The van der Waals surface area contributed by atoms with E-state index in [2.05, 4.69) is 20.9 Å². The van der Waals surface area contributed by atoms with E-state index in [1.165, 1.54) is 0 Å². The predicted octanol–water partition coefficient (Wildman–Crippen LogP) is 3.13. The highest BCUT2D eigenvalue weighted by atomic mass is 79.9. The van der Waals surface area contributed by atoms with Gasteiger partial charge in [0.15, 0.2) is 5.78 Å². The minimum Gasteiger partial charge on any atom is -0.368 e. The first-order chi connectivity index (χ1) is 9.36. The highest BCUT2D eigenvalue weighted by molar-refractivity contribution is 9.10. The smallest absolute Gasteiger partial charge is 0.178 e. The topological polar surface area (TPSA) is 63.0 Å². The maximum Gasteiger partial charge on any atom is 0.178 e. The van der Waals surface area contributed by atoms with E-state index in [0.717, 1.165) is 4.47 Å². The Balaban J connectivity index is 2.68. The summed E-state index contributed by atoms with van der Waals surface area (Å²) in [7, 11) is 1.57. The molecule has 1 unspecified atom stereocenters. The second kappa shape index (κ2) is 5.12. The average molecular weight is 335 g/mol. The molecule has 0 N–H and O–H groups in total. The summed E-state index contributed by atoms with van der Waals surface area (Å²) >= 11 is 3.46. The van der Waals surface area contributed by atoms with Crippen LogP contribution in [0.4, 0.5) is 0 Å². The van der Waals surface area contributed by atoms with Crippen molar-refractivity contribution in [3.8, 4) is 6.07 Å². The molecule has 1 aromatic rings. The van der Waals surface area contributed by atoms with Gasteiger partial charge in [-0.3, -0.25) is 9.78 Å². The van der Waals surface area contributed by atoms with Crippen LogP contribution in [0.2, 0.25) is 0 Å². The number of rotatable bonds is 2. The van der Waals surface area contributed by atoms with Gasteiger partial charge in [-0.25, -0.2) is 0 Å². The zero-order chi connectivity index (χ0) is 15.0. The summed E-state index contributed by atoms with van der Waals surface area (Å²) in [4.78, 5) is 16.6. The van der Waals surface area contributed by atoms with Gasteiger partial charge in [0, 0.05) is 23.2 Å². The van der Waals surface area contributed by atoms with Gasteiger partial charge in [-0.2, -0.15) is 5.26 Å². The zero-order valence-corrected chi connectivity index (χ0v) is 13.2. The molecular formula is C15H15BrN2O2. The number of hydrogen-bond donors (Lipinski definition) is 0. The Hall–Kier alpha value is -1.51. The first-order valence-corrected chi connectivity index (χ1v) is 6.99. The van der Waals surface area contributed by atoms with Crippen molar-refractivity contribution in [3.05, 3.63) is 40.1 Å². The number of aromatic nitrogens is 1. The minimum absolute atomic E-state index is 0.126. The molecule has 0 aromatic carbocycles. The molecule has 0 amide bonds. The van der Waals surface area contributed by atoms with Crippen molar-refractivity contribution in [1.82, 2.24) is 4.98 Å². The van der Waals surface area contributed by atoms with Crippen LogP contribution in [0.3, 0.4) is 0 Å². The van der Waals surface area contributed by atoms with E-state index >= 15 is 0 Å². The summed E-state index contributed by atoms with van der Waals surface area (Å²) in [5, 5.41) is 9.21. The lowest BCUT2D eigenvalue weighted by atomic mass is 9.68. The molecular weight excluding hydrogens is 320 g/mol. The Morgan fingerprint density at radius 1 is 1.50 bits per heavy atom. The quantitative estimate of drug-likeness (QED) is 0.833. The largest absolute Gasteiger partial charge is 0.368 e. The Bertz CT molecular complexity index is 631. The molecule has 4 nitrogen and oxygen atoms in total. The molecule has 104 valence electrons. The van der Waals surface area contributed by atoms with E-state index in [-0.39, 0.29) is 11.4 Å². The third kappa shape index (κ3) is 2.30. The van der Waals surface area contributed by atoms with Gasteiger partial charge in [0.25, 0.3) is 0 Å². The van der Waals surface area contributed by atoms with Crippen molar-refractivity contribution in [2.45, 2.75) is 25.9 Å². The van der Waals surface area contributed by atoms with Crippen LogP contribution < -0.4 is 0 Å². The van der Waals surface area contributed by atoms with Gasteiger partial charge < -0.3 is 4.74 Å². The molecule has 1 aromatic heterocycles. The number of ether oxygens (including phenoxy) is 1. The van der Waals surface area contributed by atoms with Crippen molar-refractivity contribution >= 4 is 21.7 Å². The van der Waals surface area contributed by atoms with Crippen molar-refractivity contribution < 1.29 is 9.53 Å². The van der Waals surface area contributed by atoms with E-state index in [1.54, 1.807) is 19.4 Å². The number of nitrogens with zero attached hydrogens (tertiary/aromatic N) is 2. The highest BCUT2D eigenvalue weighted by Crippen LogP contribution is 2.46. The lowest BCUT2D eigenvalue weighted by Crippen LogP contribution is -2.42. The molecule has 20 heavy (non-hydrogen) atoms. The van der Waals surface area contributed by atoms with Gasteiger partial charge >= 0.3 is 0 Å². The highest BCUT2D eigenvalue weighted by Gasteiger charge is 2.47. The van der Waals surface area contributed by atoms with Crippen LogP contribution in [-0.2, 0) is 15.1 Å². The van der Waals surface area contributed by atoms with E-state index in [9.17, 15) is 10.1 Å². The molecule has 5 heteroatoms. The maximum atomic E-state index is 12.2. The van der Waals surface area contributed by atoms with Crippen LogP contribution in [0.25, 0.3) is 0 Å². The van der Waals surface area contributed by atoms with Crippen LogP contribution in [0.5, 0.6) is 0 Å². The second-order valence-electron chi connectivity index (χ2n) is 5.49. The van der Waals surface area contributed by atoms with Crippen molar-refractivity contribution in [2.24, 2.45) is 5.41 Å². The third-order valence-electron chi connectivity index (χ3n) is 3.59. The Labute approximate surface area is 126 Å². The van der Waals surface area contributed by atoms with Crippen molar-refractivity contribution in [2.75, 3.05) is 7.11 Å². The summed E-state index contributed by atoms with van der Waals surface area (Å²) in [6.45, 7) is 3.65. The lowest BCUT2D eigenvalue weighted by Gasteiger charge is -2.40. The van der Waals surface area contributed by atoms with Gasteiger partial charge in [-0.15, -0.1) is 0 Å². The number of pyridine rings is 1. The number of nitriles is 1. The number of allylic oxidation sites excluding steroid dienone is 1. The summed E-state index contributed by atoms with van der Waals surface area (Å²) in [5.74, 6) is -0.153. The fourth-order valence-electron chi connectivity index (χ4n) is 2.61. The number of carbonyl (C=O) groups excluding carboxylic acids is 1. The molecule has 0 radical (unpaired) electrons. The SMILES string of the molecule is COC1(c2ncccc2Br)C=C(C#N)C(=O)C(C)(C)C1. The van der Waals surface area contributed by atoms with Gasteiger partial charge in [0.2, 0.25) is 0 Å². The molecule has 0 fully saturated rings. The van der Waals surface area contributed by atoms with Gasteiger partial charge in [0.1, 0.15) is 11.7 Å². The number of carbonyl (C=O) groups is 1. The summed E-state index contributed by atoms with van der Waals surface area (Å²) in [5.41, 5.74) is -0.744. The molecule has 1 aliphatic rings. The van der Waals surface area contributed by atoms with E-state index < -0.39 is 11.0 Å². The standard InChI is InChI=1S/C15H15BrN2O2/c1-14(2)9-15(20-3,7-10(8-17)13(14)19)12-11(16)5-4-6-18-12/h4-7H,9H2,1-3H3. The number of methoxy groups -OCH3 is 1. The minimum atomic E-state index is -0.872. The van der Waals surface area contributed by atoms with E-state index in [1.807, 2.05) is 32.0 Å². The number of hydrogen-bond acceptors (Lipinski definition) is 4. The van der Waals surface area contributed by atoms with Gasteiger partial charge in [0.05, 0.1) is 11.3 Å². The van der Waals surface area contributed by atoms with E-state index in [0.29, 0.717) is 12.1 Å². The normalized spacial score (nSPS) is 24.9. The second-order valence-corrected chi connectivity index (χ2v) is 6.34. The molecule has 2 rings (SSSR count). The number of ketones is 1. The van der Waals surface area contributed by atoms with Crippen LogP contribution in [-0.4, -0.2) is 17.9 Å². The molecule has 0 bridgehead atoms. The molecule has 1 heterocycles. The first kappa shape index (κ1) is 14.9. The van der Waals surface area contributed by atoms with Gasteiger partial charge in [-0.1, -0.05) is 13.8 Å². The molecule has 0 aliphatic heterocycles. The lowest BCUT2D eigenvalue weighted by molar-refractivity contribution is -0.128. The molecule has 0 spiro atoms. The van der Waals surface area contributed by atoms with Gasteiger partial charge in [-0.05, 0) is 40.6 Å². The van der Waals surface area contributed by atoms with E-state index in [4.69, 9.17) is 4.74 Å². The molecule has 0 saturated heterocycles. The monoisotopic (exact) mass is 334 g/mol. The number of Topliss-reactive ketones (excluding diaryl/α,β-unsaturated/α-hetero) is 1. The predicted molar refractivity (Wildman–Crippen MR) is 77.7 cm³/mol. The van der Waals surface area contributed by atoms with Crippen LogP contribution in [0, 0.1) is 16.7 Å².